The third-order valence-corrected chi connectivity index (χ3v) is 5.08. The number of carbonyl (C=O) groups is 1. The Morgan fingerprint density at radius 2 is 1.58 bits per heavy atom. The average molecular weight is 342 g/mol. The molecule has 2 rings (SSSR count). The molecule has 2 aliphatic rings. The number of unbranched alkanes of at least 4 members (excludes halogenated alkanes) is 5. The third-order valence-electron chi connectivity index (χ3n) is 5.08. The van der Waals surface area contributed by atoms with Gasteiger partial charge in [-0.1, -0.05) is 30.8 Å². The summed E-state index contributed by atoms with van der Waals surface area (Å²) in [6, 6.07) is -0.756. The molecule has 1 saturated heterocycles. The largest absolute Gasteiger partial charge is 0.481 e. The minimum absolute atomic E-state index is 0.367. The number of carboxylic acids is 1. The number of carboxylic acid groups (broad SMARTS) is 1. The van der Waals surface area contributed by atoms with Gasteiger partial charge in [-0.05, 0) is 24.9 Å². The second-order valence-corrected chi connectivity index (χ2v) is 6.63. The summed E-state index contributed by atoms with van der Waals surface area (Å²) in [6.45, 7) is 1.20. The molecule has 24 heavy (non-hydrogen) atoms. The molecule has 0 bridgehead atoms. The van der Waals surface area contributed by atoms with Gasteiger partial charge in [0.2, 0.25) is 0 Å². The van der Waals surface area contributed by atoms with Crippen LogP contribution in [0.25, 0.3) is 10.4 Å². The van der Waals surface area contributed by atoms with Crippen LogP contribution in [0.5, 0.6) is 0 Å². The van der Waals surface area contributed by atoms with Crippen LogP contribution in [0.4, 0.5) is 0 Å². The first-order valence-corrected chi connectivity index (χ1v) is 8.54. The summed E-state index contributed by atoms with van der Waals surface area (Å²) >= 11 is 0. The van der Waals surface area contributed by atoms with E-state index in [0.717, 1.165) is 38.5 Å². The number of nitrogens with zero attached hydrogens (tertiary/aromatic N) is 4. The molecule has 0 radical (unpaired) electrons. The van der Waals surface area contributed by atoms with E-state index in [1.54, 1.807) is 0 Å². The van der Waals surface area contributed by atoms with Crippen molar-refractivity contribution in [1.82, 2.24) is 4.90 Å². The summed E-state index contributed by atoms with van der Waals surface area (Å²) in [5.41, 5.74) is 8.16. The van der Waals surface area contributed by atoms with Gasteiger partial charge in [0.25, 0.3) is 0 Å². The number of likely N-dealkylation sites (tertiary alicyclic amines) is 1. The zero-order chi connectivity index (χ0) is 17.7. The SMILES string of the molecule is [N-]=[N+]=NCCCCCCCCN1[C@@H]2[C@@H](C(=O)O)[C@@H](O)[C@H](O)[C@@H](O)[C@@H]21. The molecular weight excluding hydrogens is 316 g/mol. The quantitative estimate of drug-likeness (QED) is 0.149. The molecule has 0 aromatic heterocycles. The maximum atomic E-state index is 11.3. The Labute approximate surface area is 140 Å². The summed E-state index contributed by atoms with van der Waals surface area (Å²) in [5, 5.41) is 42.4. The Bertz CT molecular complexity index is 484. The molecule has 1 aliphatic heterocycles. The van der Waals surface area contributed by atoms with Crippen LogP contribution in [0.1, 0.15) is 38.5 Å². The van der Waals surface area contributed by atoms with E-state index in [2.05, 4.69) is 10.0 Å². The Morgan fingerprint density at radius 3 is 2.21 bits per heavy atom. The molecule has 0 spiro atoms. The standard InChI is InChI=1S/C15H26N4O5/c16-18-17-7-5-3-1-2-4-6-8-19-10-9(15(23)24)12(20)14(22)13(21)11(10)19/h9-14,20-22H,1-8H2,(H,23,24)/t9-,10-,11-,12-,13+,14+,19?/m1/s1. The van der Waals surface area contributed by atoms with Crippen LogP contribution in [0.15, 0.2) is 5.11 Å². The number of rotatable bonds is 10. The van der Waals surface area contributed by atoms with Gasteiger partial charge in [-0.2, -0.15) is 0 Å². The van der Waals surface area contributed by atoms with Crippen LogP contribution in [-0.2, 0) is 4.79 Å². The molecule has 1 saturated carbocycles. The van der Waals surface area contributed by atoms with Crippen molar-refractivity contribution in [2.24, 2.45) is 11.0 Å². The number of aliphatic hydroxyl groups excluding tert-OH is 3. The van der Waals surface area contributed by atoms with Crippen molar-refractivity contribution in [1.29, 1.82) is 0 Å². The second-order valence-electron chi connectivity index (χ2n) is 6.63. The number of fused-ring (bicyclic) bond motifs is 1. The van der Waals surface area contributed by atoms with E-state index in [-0.39, 0.29) is 12.1 Å². The molecule has 7 atom stereocenters. The second kappa shape index (κ2) is 8.64. The molecule has 9 nitrogen and oxygen atoms in total. The Hall–Kier alpha value is -1.38. The summed E-state index contributed by atoms with van der Waals surface area (Å²) in [5.74, 6) is -2.18. The van der Waals surface area contributed by atoms with Crippen molar-refractivity contribution in [2.75, 3.05) is 13.1 Å². The van der Waals surface area contributed by atoms with Crippen molar-refractivity contribution >= 4 is 5.97 Å². The molecule has 1 unspecified atom stereocenters. The first-order chi connectivity index (χ1) is 11.5. The highest BCUT2D eigenvalue weighted by atomic mass is 16.4. The first-order valence-electron chi connectivity index (χ1n) is 8.54. The Kier molecular flexibility index (Phi) is 6.82. The van der Waals surface area contributed by atoms with Crippen LogP contribution in [-0.4, -0.2) is 74.8 Å². The zero-order valence-corrected chi connectivity index (χ0v) is 13.6. The van der Waals surface area contributed by atoms with Crippen molar-refractivity contribution in [3.8, 4) is 0 Å². The molecule has 0 amide bonds. The molecule has 0 aromatic rings. The number of hydrogen-bond donors (Lipinski definition) is 4. The van der Waals surface area contributed by atoms with E-state index in [4.69, 9.17) is 5.53 Å². The van der Waals surface area contributed by atoms with Crippen molar-refractivity contribution in [3.63, 3.8) is 0 Å². The van der Waals surface area contributed by atoms with E-state index in [1.807, 2.05) is 4.90 Å². The van der Waals surface area contributed by atoms with Crippen molar-refractivity contribution in [2.45, 2.75) is 68.9 Å². The highest BCUT2D eigenvalue weighted by Gasteiger charge is 2.65. The lowest BCUT2D eigenvalue weighted by Crippen LogP contribution is -2.53. The van der Waals surface area contributed by atoms with Gasteiger partial charge >= 0.3 is 5.97 Å². The van der Waals surface area contributed by atoms with Crippen LogP contribution in [0.3, 0.4) is 0 Å². The van der Waals surface area contributed by atoms with Gasteiger partial charge in [-0.3, -0.25) is 9.69 Å². The molecule has 1 heterocycles. The zero-order valence-electron chi connectivity index (χ0n) is 13.6. The highest BCUT2D eigenvalue weighted by Crippen LogP contribution is 2.44. The lowest BCUT2D eigenvalue weighted by atomic mass is 9.83. The molecule has 0 aromatic carbocycles. The number of hydrogen-bond acceptors (Lipinski definition) is 6. The van der Waals surface area contributed by atoms with Gasteiger partial charge < -0.3 is 20.4 Å². The van der Waals surface area contributed by atoms with E-state index in [9.17, 15) is 25.2 Å². The molecule has 1 aliphatic carbocycles. The van der Waals surface area contributed by atoms with Gasteiger partial charge in [-0.15, -0.1) is 0 Å². The first kappa shape index (κ1) is 19.0. The minimum Gasteiger partial charge on any atom is -0.481 e. The van der Waals surface area contributed by atoms with Crippen LogP contribution < -0.4 is 0 Å². The number of aliphatic carboxylic acids is 1. The van der Waals surface area contributed by atoms with E-state index >= 15 is 0 Å². The van der Waals surface area contributed by atoms with Gasteiger partial charge in [-0.25, -0.2) is 0 Å². The fourth-order valence-corrected chi connectivity index (χ4v) is 3.77. The maximum absolute atomic E-state index is 11.3. The molecule has 4 N–H and O–H groups in total. The van der Waals surface area contributed by atoms with Gasteiger partial charge in [0.1, 0.15) is 12.0 Å². The summed E-state index contributed by atoms with van der Waals surface area (Å²) in [6.07, 6.45) is 1.97. The lowest BCUT2D eigenvalue weighted by Gasteiger charge is -2.30. The third kappa shape index (κ3) is 4.17. The average Bonchev–Trinajstić information content (AvgIpc) is 3.24. The lowest BCUT2D eigenvalue weighted by molar-refractivity contribution is -0.156. The summed E-state index contributed by atoms with van der Waals surface area (Å²) < 4.78 is 0. The van der Waals surface area contributed by atoms with Crippen LogP contribution >= 0.6 is 0 Å². The molecule has 136 valence electrons. The van der Waals surface area contributed by atoms with E-state index < -0.39 is 30.2 Å². The fourth-order valence-electron chi connectivity index (χ4n) is 3.77. The minimum atomic E-state index is -1.43. The van der Waals surface area contributed by atoms with Crippen molar-refractivity contribution < 1.29 is 25.2 Å². The molecular formula is C15H26N4O5. The van der Waals surface area contributed by atoms with Gasteiger partial charge in [0.05, 0.1) is 18.2 Å². The van der Waals surface area contributed by atoms with Gasteiger partial charge in [0, 0.05) is 17.5 Å². The van der Waals surface area contributed by atoms with Crippen LogP contribution in [0, 0.1) is 5.92 Å². The molecule has 9 heteroatoms. The van der Waals surface area contributed by atoms with E-state index in [1.165, 1.54) is 0 Å². The number of aliphatic hydroxyl groups is 3. The summed E-state index contributed by atoms with van der Waals surface area (Å²) in [4.78, 5) is 15.9. The fraction of sp³-hybridized carbons (Fsp3) is 0.933. The van der Waals surface area contributed by atoms with E-state index in [0.29, 0.717) is 13.1 Å². The smallest absolute Gasteiger partial charge is 0.310 e. The highest BCUT2D eigenvalue weighted by molar-refractivity contribution is 5.73. The maximum Gasteiger partial charge on any atom is 0.310 e. The Morgan fingerprint density at radius 1 is 0.958 bits per heavy atom. The monoisotopic (exact) mass is 342 g/mol. The summed E-state index contributed by atoms with van der Waals surface area (Å²) in [7, 11) is 0. The predicted octanol–water partition coefficient (Wildman–Crippen LogP) is 0.487. The number of azide groups is 1. The van der Waals surface area contributed by atoms with Crippen molar-refractivity contribution in [3.05, 3.63) is 10.4 Å². The van der Waals surface area contributed by atoms with Crippen LogP contribution in [0.2, 0.25) is 0 Å². The Balaban J connectivity index is 1.67. The normalized spacial score (nSPS) is 37.4. The molecule has 2 fully saturated rings. The topological polar surface area (TPSA) is 150 Å². The van der Waals surface area contributed by atoms with Gasteiger partial charge in [0.15, 0.2) is 0 Å². The predicted molar refractivity (Wildman–Crippen MR) is 85.1 cm³/mol.